The van der Waals surface area contributed by atoms with Crippen molar-refractivity contribution in [2.45, 2.75) is 33.1 Å². The van der Waals surface area contributed by atoms with Gasteiger partial charge in [-0.05, 0) is 30.4 Å². The van der Waals surface area contributed by atoms with Gasteiger partial charge < -0.3 is 9.24 Å². The van der Waals surface area contributed by atoms with Gasteiger partial charge in [0.05, 0.1) is 0 Å². The van der Waals surface area contributed by atoms with Gasteiger partial charge in [-0.3, -0.25) is 4.79 Å². The molecule has 1 nitrogen and oxygen atoms in total. The molecule has 0 aliphatic heterocycles. The van der Waals surface area contributed by atoms with Crippen molar-refractivity contribution in [3.63, 3.8) is 0 Å². The predicted molar refractivity (Wildman–Crippen MR) is 67.3 cm³/mol. The largest absolute Gasteiger partial charge is 0.558 e. The van der Waals surface area contributed by atoms with Gasteiger partial charge >= 0.3 is 0 Å². The maximum atomic E-state index is 12.0. The number of Topliss-reactive ketones (excluding diaryl/α,β-unsaturated/α-hetero) is 1. The molecule has 0 fully saturated rings. The van der Waals surface area contributed by atoms with Gasteiger partial charge in [-0.25, -0.2) is 0 Å². The summed E-state index contributed by atoms with van der Waals surface area (Å²) in [5, 5.41) is 0. The summed E-state index contributed by atoms with van der Waals surface area (Å²) in [4.78, 5) is 12.0. The molecule has 1 rings (SSSR count). The molecule has 0 bridgehead atoms. The van der Waals surface area contributed by atoms with E-state index in [2.05, 4.69) is 35.2 Å². The van der Waals surface area contributed by atoms with Crippen molar-refractivity contribution < 1.29 is 4.79 Å². The Balaban J connectivity index is 3.15. The number of ketones is 1. The molecular weight excluding hydrogens is 203 g/mol. The lowest BCUT2D eigenvalue weighted by Gasteiger charge is -2.12. The summed E-state index contributed by atoms with van der Waals surface area (Å²) in [6.07, 6.45) is 3.17. The third-order valence-electron chi connectivity index (χ3n) is 2.63. The monoisotopic (exact) mass is 221 g/mol. The molecule has 2 heteroatoms. The van der Waals surface area contributed by atoms with Crippen LogP contribution >= 0.6 is 9.24 Å². The standard InChI is InChI=1S/C13H18OP/c1-3-10-6-5-7-11(4-2)13(10)12(14)8-9-15/h5-7,15H,3-4,8-9H2,1-2H3/q-1. The van der Waals surface area contributed by atoms with Crippen molar-refractivity contribution in [3.05, 3.63) is 34.9 Å². The molecule has 0 atom stereocenters. The van der Waals surface area contributed by atoms with Crippen molar-refractivity contribution in [1.29, 1.82) is 0 Å². The Hall–Kier alpha value is -0.680. The van der Waals surface area contributed by atoms with Gasteiger partial charge in [0.2, 0.25) is 0 Å². The molecule has 0 aromatic heterocycles. The van der Waals surface area contributed by atoms with E-state index in [0.29, 0.717) is 6.42 Å². The highest BCUT2D eigenvalue weighted by molar-refractivity contribution is 7.16. The van der Waals surface area contributed by atoms with E-state index < -0.39 is 0 Å². The summed E-state index contributed by atoms with van der Waals surface area (Å²) < 4.78 is 0. The van der Waals surface area contributed by atoms with Crippen molar-refractivity contribution >= 4 is 15.0 Å². The lowest BCUT2D eigenvalue weighted by molar-refractivity contribution is 0.0988. The summed E-state index contributed by atoms with van der Waals surface area (Å²) in [5.41, 5.74) is 3.32. The van der Waals surface area contributed by atoms with Crippen molar-refractivity contribution in [2.75, 3.05) is 6.16 Å². The molecule has 0 unspecified atom stereocenters. The fourth-order valence-corrected chi connectivity index (χ4v) is 2.07. The van der Waals surface area contributed by atoms with Gasteiger partial charge in [0.15, 0.2) is 5.78 Å². The van der Waals surface area contributed by atoms with Gasteiger partial charge in [-0.2, -0.15) is 6.16 Å². The average Bonchev–Trinajstić information content (AvgIpc) is 2.28. The van der Waals surface area contributed by atoms with Gasteiger partial charge in [-0.15, -0.1) is 0 Å². The SMILES string of the molecule is CCc1cccc(CC)c1C(=O)CC[PH-]. The molecule has 0 amide bonds. The van der Waals surface area contributed by atoms with Gasteiger partial charge in [0, 0.05) is 5.56 Å². The number of carbonyl (C=O) groups excluding carboxylic acids is 1. The number of hydrogen-bond donors (Lipinski definition) is 0. The second kappa shape index (κ2) is 6.02. The minimum Gasteiger partial charge on any atom is -0.558 e. The zero-order valence-corrected chi connectivity index (χ0v) is 10.5. The lowest BCUT2D eigenvalue weighted by Crippen LogP contribution is -2.08. The Labute approximate surface area is 94.5 Å². The molecular formula is C13H18OP-. The van der Waals surface area contributed by atoms with Crippen LogP contribution in [0.1, 0.15) is 41.8 Å². The highest BCUT2D eigenvalue weighted by Gasteiger charge is 2.12. The molecule has 0 heterocycles. The molecule has 0 radical (unpaired) electrons. The number of hydrogen-bond acceptors (Lipinski definition) is 1. The first kappa shape index (κ1) is 12.4. The van der Waals surface area contributed by atoms with Gasteiger partial charge in [0.25, 0.3) is 0 Å². The molecule has 0 aliphatic rings. The zero-order valence-electron chi connectivity index (χ0n) is 9.47. The van der Waals surface area contributed by atoms with E-state index in [1.807, 2.05) is 6.07 Å². The maximum Gasteiger partial charge on any atom is 0.161 e. The second-order valence-electron chi connectivity index (χ2n) is 3.58. The van der Waals surface area contributed by atoms with Crippen LogP contribution in [0.15, 0.2) is 18.2 Å². The Morgan fingerprint density at radius 3 is 2.13 bits per heavy atom. The normalized spacial score (nSPS) is 10.3. The summed E-state index contributed by atoms with van der Waals surface area (Å²) in [6, 6.07) is 6.16. The van der Waals surface area contributed by atoms with Crippen LogP contribution in [-0.2, 0) is 12.8 Å². The molecule has 0 aliphatic carbocycles. The molecule has 1 aromatic rings. The van der Waals surface area contributed by atoms with Gasteiger partial charge in [-0.1, -0.05) is 32.0 Å². The third kappa shape index (κ3) is 2.89. The van der Waals surface area contributed by atoms with Crippen molar-refractivity contribution in [1.82, 2.24) is 0 Å². The van der Waals surface area contributed by atoms with E-state index in [9.17, 15) is 4.79 Å². The topological polar surface area (TPSA) is 17.1 Å². The summed E-state index contributed by atoms with van der Waals surface area (Å²) in [5.74, 6) is 0.263. The summed E-state index contributed by atoms with van der Waals surface area (Å²) in [6.45, 7) is 4.19. The fraction of sp³-hybridized carbons (Fsp3) is 0.462. The fourth-order valence-electron chi connectivity index (χ4n) is 1.84. The van der Waals surface area contributed by atoms with Crippen molar-refractivity contribution in [3.8, 4) is 0 Å². The van der Waals surface area contributed by atoms with E-state index >= 15 is 0 Å². The summed E-state index contributed by atoms with van der Waals surface area (Å²) >= 11 is 0. The van der Waals surface area contributed by atoms with Crippen LogP contribution in [0.2, 0.25) is 0 Å². The Morgan fingerprint density at radius 2 is 1.73 bits per heavy atom. The molecule has 82 valence electrons. The Morgan fingerprint density at radius 1 is 1.20 bits per heavy atom. The van der Waals surface area contributed by atoms with Crippen molar-refractivity contribution in [2.24, 2.45) is 0 Å². The van der Waals surface area contributed by atoms with E-state index in [-0.39, 0.29) is 5.78 Å². The first-order chi connectivity index (χ1) is 7.24. The van der Waals surface area contributed by atoms with Crippen LogP contribution in [-0.4, -0.2) is 11.9 Å². The second-order valence-corrected chi connectivity index (χ2v) is 4.08. The Kier molecular flexibility index (Phi) is 4.98. The van der Waals surface area contributed by atoms with Crippen LogP contribution in [0.5, 0.6) is 0 Å². The number of benzene rings is 1. The average molecular weight is 221 g/mol. The first-order valence-electron chi connectivity index (χ1n) is 5.53. The Bertz CT molecular complexity index is 322. The smallest absolute Gasteiger partial charge is 0.161 e. The molecule has 0 N–H and O–H groups in total. The molecule has 1 aromatic carbocycles. The van der Waals surface area contributed by atoms with Crippen LogP contribution in [0.25, 0.3) is 0 Å². The van der Waals surface area contributed by atoms with E-state index in [0.717, 1.165) is 24.6 Å². The summed E-state index contributed by atoms with van der Waals surface area (Å²) in [7, 11) is 3.37. The lowest BCUT2D eigenvalue weighted by atomic mass is 9.93. The van der Waals surface area contributed by atoms with E-state index in [4.69, 9.17) is 0 Å². The zero-order chi connectivity index (χ0) is 11.3. The molecule has 0 saturated heterocycles. The van der Waals surface area contributed by atoms with Crippen LogP contribution in [0, 0.1) is 0 Å². The van der Waals surface area contributed by atoms with E-state index in [1.165, 1.54) is 11.1 Å². The molecule has 0 saturated carbocycles. The number of carbonyl (C=O) groups is 1. The van der Waals surface area contributed by atoms with Crippen LogP contribution in [0.4, 0.5) is 0 Å². The number of aryl methyl sites for hydroxylation is 2. The predicted octanol–water partition coefficient (Wildman–Crippen LogP) is 3.53. The number of rotatable bonds is 5. The highest BCUT2D eigenvalue weighted by atomic mass is 31.0. The quantitative estimate of drug-likeness (QED) is 0.549. The first-order valence-corrected chi connectivity index (χ1v) is 6.23. The van der Waals surface area contributed by atoms with Crippen LogP contribution in [0.3, 0.4) is 0 Å². The highest BCUT2D eigenvalue weighted by Crippen LogP contribution is 2.18. The molecule has 15 heavy (non-hydrogen) atoms. The van der Waals surface area contributed by atoms with E-state index in [1.54, 1.807) is 0 Å². The van der Waals surface area contributed by atoms with Crippen LogP contribution < -0.4 is 0 Å². The third-order valence-corrected chi connectivity index (χ3v) is 2.88. The van der Waals surface area contributed by atoms with Gasteiger partial charge in [0.1, 0.15) is 0 Å². The minimum absolute atomic E-state index is 0.263. The maximum absolute atomic E-state index is 12.0. The minimum atomic E-state index is 0.263. The molecule has 0 spiro atoms.